The number of ether oxygens (including phenoxy) is 3. The number of carbonyl (C=O) groups excluding carboxylic acids is 1. The fourth-order valence-corrected chi connectivity index (χ4v) is 2.58. The molecule has 1 aliphatic heterocycles. The topological polar surface area (TPSA) is 69.7 Å². The molecule has 0 saturated heterocycles. The van der Waals surface area contributed by atoms with E-state index in [-0.39, 0.29) is 12.7 Å². The zero-order valence-electron chi connectivity index (χ0n) is 13.4. The average molecular weight is 336 g/mol. The number of pyridine rings is 1. The molecule has 1 aliphatic rings. The van der Waals surface area contributed by atoms with E-state index < -0.39 is 0 Å². The van der Waals surface area contributed by atoms with Crippen LogP contribution in [0, 0.1) is 0 Å². The third-order valence-electron chi connectivity index (χ3n) is 3.83. The van der Waals surface area contributed by atoms with Crippen LogP contribution < -0.4 is 19.5 Å². The first-order chi connectivity index (χ1) is 12.3. The van der Waals surface area contributed by atoms with Crippen LogP contribution in [0.25, 0.3) is 10.9 Å². The molecule has 0 saturated carbocycles. The molecular formula is C19H16N2O4. The minimum atomic E-state index is -0.222. The van der Waals surface area contributed by atoms with E-state index in [2.05, 4.69) is 10.3 Å². The van der Waals surface area contributed by atoms with Crippen molar-refractivity contribution in [3.05, 3.63) is 60.3 Å². The fourth-order valence-electron chi connectivity index (χ4n) is 2.58. The molecule has 126 valence electrons. The predicted octanol–water partition coefficient (Wildman–Crippen LogP) is 2.77. The number of rotatable bonds is 5. The van der Waals surface area contributed by atoms with E-state index in [0.717, 1.165) is 10.9 Å². The Kier molecular flexibility index (Phi) is 4.08. The highest BCUT2D eigenvalue weighted by Crippen LogP contribution is 2.34. The van der Waals surface area contributed by atoms with E-state index in [1.165, 1.54) is 0 Å². The number of aromatic nitrogens is 1. The van der Waals surface area contributed by atoms with Crippen LogP contribution in [0.4, 0.5) is 0 Å². The molecule has 2 aromatic carbocycles. The summed E-state index contributed by atoms with van der Waals surface area (Å²) in [5, 5.41) is 3.81. The van der Waals surface area contributed by atoms with Crippen LogP contribution in [-0.4, -0.2) is 30.8 Å². The van der Waals surface area contributed by atoms with E-state index in [0.29, 0.717) is 36.1 Å². The molecule has 4 rings (SSSR count). The number of hydrogen-bond donors (Lipinski definition) is 1. The van der Waals surface area contributed by atoms with Crippen molar-refractivity contribution in [2.75, 3.05) is 19.9 Å². The maximum atomic E-state index is 12.2. The van der Waals surface area contributed by atoms with Crippen LogP contribution in [0.1, 0.15) is 10.5 Å². The third kappa shape index (κ3) is 3.33. The van der Waals surface area contributed by atoms with Crippen LogP contribution in [0.15, 0.2) is 54.6 Å². The van der Waals surface area contributed by atoms with Gasteiger partial charge < -0.3 is 19.5 Å². The van der Waals surface area contributed by atoms with Crippen molar-refractivity contribution in [3.63, 3.8) is 0 Å². The molecule has 6 heteroatoms. The van der Waals surface area contributed by atoms with Crippen LogP contribution >= 0.6 is 0 Å². The molecule has 1 N–H and O–H groups in total. The number of benzene rings is 2. The molecule has 1 aromatic heterocycles. The summed E-state index contributed by atoms with van der Waals surface area (Å²) in [7, 11) is 0. The molecule has 2 heterocycles. The van der Waals surface area contributed by atoms with E-state index in [1.807, 2.05) is 30.3 Å². The lowest BCUT2D eigenvalue weighted by molar-refractivity contribution is 0.0942. The number of nitrogens with zero attached hydrogens (tertiary/aromatic N) is 1. The molecule has 0 atom stereocenters. The van der Waals surface area contributed by atoms with Gasteiger partial charge in [0.1, 0.15) is 18.1 Å². The quantitative estimate of drug-likeness (QED) is 0.726. The first kappa shape index (κ1) is 15.3. The lowest BCUT2D eigenvalue weighted by Crippen LogP contribution is -2.28. The van der Waals surface area contributed by atoms with Gasteiger partial charge in [-0.2, -0.15) is 0 Å². The number of carbonyl (C=O) groups is 1. The van der Waals surface area contributed by atoms with Gasteiger partial charge in [-0.05, 0) is 24.3 Å². The smallest absolute Gasteiger partial charge is 0.270 e. The first-order valence-electron chi connectivity index (χ1n) is 7.96. The Morgan fingerprint density at radius 3 is 2.92 bits per heavy atom. The zero-order chi connectivity index (χ0) is 17.1. The number of fused-ring (bicyclic) bond motifs is 2. The Bertz CT molecular complexity index is 926. The van der Waals surface area contributed by atoms with Crippen molar-refractivity contribution < 1.29 is 19.0 Å². The summed E-state index contributed by atoms with van der Waals surface area (Å²) in [6.07, 6.45) is 0. The zero-order valence-corrected chi connectivity index (χ0v) is 13.4. The van der Waals surface area contributed by atoms with Gasteiger partial charge in [0.25, 0.3) is 5.91 Å². The Morgan fingerprint density at radius 1 is 1.08 bits per heavy atom. The van der Waals surface area contributed by atoms with Crippen molar-refractivity contribution in [1.29, 1.82) is 0 Å². The van der Waals surface area contributed by atoms with Gasteiger partial charge in [0.15, 0.2) is 11.5 Å². The highest BCUT2D eigenvalue weighted by atomic mass is 16.7. The van der Waals surface area contributed by atoms with E-state index in [4.69, 9.17) is 14.2 Å². The predicted molar refractivity (Wildman–Crippen MR) is 92.1 cm³/mol. The monoisotopic (exact) mass is 336 g/mol. The van der Waals surface area contributed by atoms with Gasteiger partial charge in [-0.25, -0.2) is 4.98 Å². The van der Waals surface area contributed by atoms with Crippen LogP contribution in [0.3, 0.4) is 0 Å². The summed E-state index contributed by atoms with van der Waals surface area (Å²) < 4.78 is 16.2. The number of amides is 1. The van der Waals surface area contributed by atoms with Crippen molar-refractivity contribution in [2.24, 2.45) is 0 Å². The van der Waals surface area contributed by atoms with Crippen LogP contribution in [0.2, 0.25) is 0 Å². The maximum absolute atomic E-state index is 12.2. The summed E-state index contributed by atoms with van der Waals surface area (Å²) in [5.74, 6) is 1.83. The lowest BCUT2D eigenvalue weighted by Gasteiger charge is -2.08. The van der Waals surface area contributed by atoms with E-state index in [1.54, 1.807) is 24.3 Å². The van der Waals surface area contributed by atoms with E-state index in [9.17, 15) is 4.79 Å². The Hall–Kier alpha value is -3.28. The molecule has 0 radical (unpaired) electrons. The third-order valence-corrected chi connectivity index (χ3v) is 3.83. The van der Waals surface area contributed by atoms with Gasteiger partial charge >= 0.3 is 0 Å². The lowest BCUT2D eigenvalue weighted by atomic mass is 10.2. The second-order valence-electron chi connectivity index (χ2n) is 5.51. The fraction of sp³-hybridized carbons (Fsp3) is 0.158. The summed E-state index contributed by atoms with van der Waals surface area (Å²) in [6.45, 7) is 0.953. The Balaban J connectivity index is 1.31. The summed E-state index contributed by atoms with van der Waals surface area (Å²) in [6, 6.07) is 16.7. The van der Waals surface area contributed by atoms with Gasteiger partial charge in [0, 0.05) is 11.5 Å². The van der Waals surface area contributed by atoms with Crippen molar-refractivity contribution >= 4 is 16.8 Å². The van der Waals surface area contributed by atoms with Crippen LogP contribution in [0.5, 0.6) is 17.2 Å². The van der Waals surface area contributed by atoms with Gasteiger partial charge in [0.2, 0.25) is 6.79 Å². The molecule has 0 unspecified atom stereocenters. The second kappa shape index (κ2) is 6.68. The second-order valence-corrected chi connectivity index (χ2v) is 5.51. The Morgan fingerprint density at radius 2 is 1.96 bits per heavy atom. The standard InChI is InChI=1S/C19H16N2O4/c22-19(16-7-5-13-3-1-2-4-15(13)21-16)20-9-10-23-14-6-8-17-18(11-14)25-12-24-17/h1-8,11H,9-10,12H2,(H,20,22). The normalized spacial score (nSPS) is 12.2. The molecule has 3 aromatic rings. The molecule has 1 amide bonds. The largest absolute Gasteiger partial charge is 0.492 e. The minimum absolute atomic E-state index is 0.222. The number of nitrogens with one attached hydrogen (secondary N) is 1. The molecule has 25 heavy (non-hydrogen) atoms. The van der Waals surface area contributed by atoms with Crippen molar-refractivity contribution in [2.45, 2.75) is 0 Å². The van der Waals surface area contributed by atoms with E-state index >= 15 is 0 Å². The molecule has 0 fully saturated rings. The summed E-state index contributed by atoms with van der Waals surface area (Å²) >= 11 is 0. The molecule has 0 bridgehead atoms. The summed E-state index contributed by atoms with van der Waals surface area (Å²) in [5.41, 5.74) is 1.19. The van der Waals surface area contributed by atoms with Gasteiger partial charge in [0.05, 0.1) is 12.1 Å². The average Bonchev–Trinajstić information content (AvgIpc) is 3.12. The van der Waals surface area contributed by atoms with Crippen molar-refractivity contribution in [3.8, 4) is 17.2 Å². The molecule has 6 nitrogen and oxygen atoms in total. The highest BCUT2D eigenvalue weighted by molar-refractivity contribution is 5.94. The maximum Gasteiger partial charge on any atom is 0.270 e. The SMILES string of the molecule is O=C(NCCOc1ccc2c(c1)OCO2)c1ccc2ccccc2n1. The number of para-hydroxylation sites is 1. The summed E-state index contributed by atoms with van der Waals surface area (Å²) in [4.78, 5) is 16.6. The first-order valence-corrected chi connectivity index (χ1v) is 7.96. The van der Waals surface area contributed by atoms with Gasteiger partial charge in [-0.1, -0.05) is 24.3 Å². The highest BCUT2D eigenvalue weighted by Gasteiger charge is 2.13. The van der Waals surface area contributed by atoms with Gasteiger partial charge in [-0.3, -0.25) is 4.79 Å². The molecule has 0 aliphatic carbocycles. The molecular weight excluding hydrogens is 320 g/mol. The minimum Gasteiger partial charge on any atom is -0.492 e. The van der Waals surface area contributed by atoms with Crippen molar-refractivity contribution in [1.82, 2.24) is 10.3 Å². The van der Waals surface area contributed by atoms with Crippen LogP contribution in [-0.2, 0) is 0 Å². The Labute approximate surface area is 144 Å². The molecule has 0 spiro atoms. The van der Waals surface area contributed by atoms with Gasteiger partial charge in [-0.15, -0.1) is 0 Å². The number of hydrogen-bond acceptors (Lipinski definition) is 5.